The van der Waals surface area contributed by atoms with Gasteiger partial charge >= 0.3 is 5.69 Å². The summed E-state index contributed by atoms with van der Waals surface area (Å²) >= 11 is 0. The number of carbonyl (C=O) groups is 1. The predicted molar refractivity (Wildman–Crippen MR) is 164 cm³/mol. The topological polar surface area (TPSA) is 136 Å². The van der Waals surface area contributed by atoms with E-state index in [0.29, 0.717) is 17.2 Å². The van der Waals surface area contributed by atoms with Gasteiger partial charge in [0, 0.05) is 61.9 Å². The van der Waals surface area contributed by atoms with Gasteiger partial charge in [-0.05, 0) is 62.4 Å². The second kappa shape index (κ2) is 11.9. The number of nitrogens with one attached hydrogen (secondary N) is 2. The highest BCUT2D eigenvalue weighted by molar-refractivity contribution is 6.03. The quantitative estimate of drug-likeness (QED) is 0.298. The third kappa shape index (κ3) is 5.72. The van der Waals surface area contributed by atoms with Crippen LogP contribution in [0.15, 0.2) is 89.0 Å². The van der Waals surface area contributed by atoms with Crippen molar-refractivity contribution in [3.05, 3.63) is 106 Å². The highest BCUT2D eigenvalue weighted by atomic mass is 16.5. The SMILES string of the molecule is CC(C)n1cc(C(=O)Nc2ccc(Oc3ccnc4cnc(N5CCNCC5)cc34)cc2)c(=O)n(-c2ccccn2)c1=O. The molecule has 12 heteroatoms. The number of rotatable bonds is 7. The van der Waals surface area contributed by atoms with Gasteiger partial charge in [-0.1, -0.05) is 6.07 Å². The minimum atomic E-state index is -0.753. The van der Waals surface area contributed by atoms with E-state index in [0.717, 1.165) is 47.5 Å². The fourth-order valence-corrected chi connectivity index (χ4v) is 4.89. The molecule has 12 nitrogen and oxygen atoms in total. The molecule has 0 saturated carbocycles. The minimum absolute atomic E-state index is 0.141. The summed E-state index contributed by atoms with van der Waals surface area (Å²) in [5.74, 6) is 1.55. The smallest absolute Gasteiger partial charge is 0.337 e. The van der Waals surface area contributed by atoms with Crippen LogP contribution in [0.2, 0.25) is 0 Å². The van der Waals surface area contributed by atoms with E-state index in [4.69, 9.17) is 4.74 Å². The molecular formula is C31H30N8O4. The Bertz CT molecular complexity index is 1900. The van der Waals surface area contributed by atoms with Crippen molar-refractivity contribution in [3.63, 3.8) is 0 Å². The summed E-state index contributed by atoms with van der Waals surface area (Å²) in [5.41, 5.74) is -0.336. The lowest BCUT2D eigenvalue weighted by molar-refractivity contribution is 0.102. The average Bonchev–Trinajstić information content (AvgIpc) is 3.03. The number of hydrogen-bond donors (Lipinski definition) is 2. The first kappa shape index (κ1) is 27.8. The number of ether oxygens (including phenoxy) is 1. The number of carbonyl (C=O) groups excluding carboxylic acids is 1. The monoisotopic (exact) mass is 578 g/mol. The Morgan fingerprint density at radius 3 is 2.47 bits per heavy atom. The van der Waals surface area contributed by atoms with Gasteiger partial charge in [0.25, 0.3) is 11.5 Å². The first-order chi connectivity index (χ1) is 20.9. The van der Waals surface area contributed by atoms with Crippen LogP contribution < -0.4 is 31.5 Å². The first-order valence-corrected chi connectivity index (χ1v) is 14.0. The number of anilines is 2. The molecule has 0 aliphatic carbocycles. The van der Waals surface area contributed by atoms with Crippen LogP contribution in [0.25, 0.3) is 16.7 Å². The van der Waals surface area contributed by atoms with Crippen molar-refractivity contribution >= 4 is 28.3 Å². The molecule has 0 spiro atoms. The third-order valence-corrected chi connectivity index (χ3v) is 7.15. The number of benzene rings is 1. The lowest BCUT2D eigenvalue weighted by atomic mass is 10.2. The van der Waals surface area contributed by atoms with Crippen molar-refractivity contribution < 1.29 is 9.53 Å². The van der Waals surface area contributed by atoms with E-state index in [2.05, 4.69) is 30.5 Å². The molecule has 43 heavy (non-hydrogen) atoms. The van der Waals surface area contributed by atoms with E-state index in [1.807, 2.05) is 6.07 Å². The first-order valence-electron chi connectivity index (χ1n) is 14.0. The maximum atomic E-state index is 13.3. The molecule has 1 amide bonds. The molecule has 1 fully saturated rings. The van der Waals surface area contributed by atoms with Gasteiger partial charge in [0.1, 0.15) is 28.7 Å². The second-order valence-electron chi connectivity index (χ2n) is 10.3. The summed E-state index contributed by atoms with van der Waals surface area (Å²) in [7, 11) is 0. The lowest BCUT2D eigenvalue weighted by Gasteiger charge is -2.28. The fraction of sp³-hybridized carbons (Fsp3) is 0.226. The van der Waals surface area contributed by atoms with E-state index < -0.39 is 17.2 Å². The van der Waals surface area contributed by atoms with Crippen molar-refractivity contribution in [2.45, 2.75) is 19.9 Å². The van der Waals surface area contributed by atoms with Gasteiger partial charge < -0.3 is 20.3 Å². The van der Waals surface area contributed by atoms with E-state index in [1.54, 1.807) is 74.8 Å². The Morgan fingerprint density at radius 2 is 1.74 bits per heavy atom. The number of aromatic nitrogens is 5. The van der Waals surface area contributed by atoms with Crippen molar-refractivity contribution in [1.29, 1.82) is 0 Å². The van der Waals surface area contributed by atoms with Crippen LogP contribution in [0.5, 0.6) is 11.5 Å². The number of hydrogen-bond acceptors (Lipinski definition) is 9. The molecule has 0 radical (unpaired) electrons. The van der Waals surface area contributed by atoms with Crippen molar-refractivity contribution in [3.8, 4) is 17.3 Å². The van der Waals surface area contributed by atoms with Crippen LogP contribution in [0, 0.1) is 0 Å². The van der Waals surface area contributed by atoms with Gasteiger partial charge in [-0.2, -0.15) is 0 Å². The van der Waals surface area contributed by atoms with Gasteiger partial charge in [0.05, 0.1) is 11.7 Å². The van der Waals surface area contributed by atoms with E-state index >= 15 is 0 Å². The summed E-state index contributed by atoms with van der Waals surface area (Å²) in [4.78, 5) is 55.0. The Labute approximate surface area is 246 Å². The second-order valence-corrected chi connectivity index (χ2v) is 10.3. The summed E-state index contributed by atoms with van der Waals surface area (Å²) in [6.07, 6.45) is 6.20. The van der Waals surface area contributed by atoms with Gasteiger partial charge in [-0.25, -0.2) is 19.3 Å². The summed E-state index contributed by atoms with van der Waals surface area (Å²) in [6.45, 7) is 7.14. The molecule has 1 aromatic carbocycles. The van der Waals surface area contributed by atoms with Crippen LogP contribution in [-0.2, 0) is 0 Å². The molecule has 6 rings (SSSR count). The van der Waals surface area contributed by atoms with E-state index in [9.17, 15) is 14.4 Å². The molecule has 5 heterocycles. The molecule has 0 bridgehead atoms. The van der Waals surface area contributed by atoms with Crippen LogP contribution in [-0.4, -0.2) is 56.2 Å². The molecule has 1 aliphatic rings. The highest BCUT2D eigenvalue weighted by Gasteiger charge is 2.20. The van der Waals surface area contributed by atoms with Gasteiger partial charge in [0.2, 0.25) is 0 Å². The Kier molecular flexibility index (Phi) is 7.67. The Morgan fingerprint density at radius 1 is 0.953 bits per heavy atom. The van der Waals surface area contributed by atoms with Crippen LogP contribution in [0.1, 0.15) is 30.2 Å². The molecule has 0 atom stereocenters. The molecule has 1 aliphatic heterocycles. The maximum absolute atomic E-state index is 13.3. The predicted octanol–water partition coefficient (Wildman–Crippen LogP) is 3.37. The number of piperazine rings is 1. The van der Waals surface area contributed by atoms with Crippen molar-refractivity contribution in [1.82, 2.24) is 29.4 Å². The van der Waals surface area contributed by atoms with Crippen molar-refractivity contribution in [2.75, 3.05) is 36.4 Å². The highest BCUT2D eigenvalue weighted by Crippen LogP contribution is 2.31. The van der Waals surface area contributed by atoms with Crippen LogP contribution in [0.4, 0.5) is 11.5 Å². The number of pyridine rings is 3. The van der Waals surface area contributed by atoms with Crippen LogP contribution in [0.3, 0.4) is 0 Å². The number of amides is 1. The molecule has 0 unspecified atom stereocenters. The standard InChI is InChI=1S/C31H30N8O4/c1-20(2)38-19-24(30(41)39(31(38)42)27-5-3-4-11-34-27)29(40)36-21-6-8-22(9-7-21)43-26-10-12-33-25-18-35-28(17-23(25)26)37-15-13-32-14-16-37/h3-12,17-20,32H,13-16H2,1-2H3,(H,36,40). The maximum Gasteiger partial charge on any atom is 0.337 e. The molecular weight excluding hydrogens is 548 g/mol. The van der Waals surface area contributed by atoms with Gasteiger partial charge in [-0.3, -0.25) is 19.1 Å². The minimum Gasteiger partial charge on any atom is -0.457 e. The normalized spacial score (nSPS) is 13.3. The molecule has 2 N–H and O–H groups in total. The third-order valence-electron chi connectivity index (χ3n) is 7.15. The number of fused-ring (bicyclic) bond motifs is 1. The average molecular weight is 579 g/mol. The summed E-state index contributed by atoms with van der Waals surface area (Å²) in [6, 6.07) is 15.2. The van der Waals surface area contributed by atoms with Gasteiger partial charge in [0.15, 0.2) is 0 Å². The van der Waals surface area contributed by atoms with E-state index in [-0.39, 0.29) is 17.4 Å². The fourth-order valence-electron chi connectivity index (χ4n) is 4.89. The largest absolute Gasteiger partial charge is 0.457 e. The zero-order chi connectivity index (χ0) is 29.9. The zero-order valence-corrected chi connectivity index (χ0v) is 23.7. The summed E-state index contributed by atoms with van der Waals surface area (Å²) < 4.78 is 8.46. The zero-order valence-electron chi connectivity index (χ0n) is 23.7. The van der Waals surface area contributed by atoms with E-state index in [1.165, 1.54) is 17.0 Å². The van der Waals surface area contributed by atoms with Gasteiger partial charge in [-0.15, -0.1) is 0 Å². The molecule has 5 aromatic rings. The Hall–Kier alpha value is -5.36. The number of nitrogens with zero attached hydrogens (tertiary/aromatic N) is 6. The molecule has 218 valence electrons. The van der Waals surface area contributed by atoms with Crippen LogP contribution >= 0.6 is 0 Å². The molecule has 1 saturated heterocycles. The molecule has 4 aromatic heterocycles. The lowest BCUT2D eigenvalue weighted by Crippen LogP contribution is -2.43. The Balaban J connectivity index is 1.24. The summed E-state index contributed by atoms with van der Waals surface area (Å²) in [5, 5.41) is 6.94. The van der Waals surface area contributed by atoms with Crippen molar-refractivity contribution in [2.24, 2.45) is 0 Å².